The molecule has 9 nitrogen and oxygen atoms in total. The highest BCUT2D eigenvalue weighted by molar-refractivity contribution is 5.98. The molecule has 2 heterocycles. The summed E-state index contributed by atoms with van der Waals surface area (Å²) in [5.74, 6) is 0.721. The number of pyridine rings is 1. The number of amides is 3. The number of hydrogen-bond donors (Lipinski definition) is 3. The maximum Gasteiger partial charge on any atom is 0.416 e. The van der Waals surface area contributed by atoms with Crippen LogP contribution in [0.3, 0.4) is 0 Å². The van der Waals surface area contributed by atoms with Gasteiger partial charge in [0.25, 0.3) is 5.91 Å². The van der Waals surface area contributed by atoms with Gasteiger partial charge in [-0.05, 0) is 42.5 Å². The topological polar surface area (TPSA) is 118 Å². The molecular formula is C24H18F3N5O4. The number of hydrogen-bond acceptors (Lipinski definition) is 6. The molecule has 36 heavy (non-hydrogen) atoms. The summed E-state index contributed by atoms with van der Waals surface area (Å²) in [7, 11) is 1.50. The van der Waals surface area contributed by atoms with Crippen LogP contribution in [0.4, 0.5) is 29.7 Å². The summed E-state index contributed by atoms with van der Waals surface area (Å²) in [6, 6.07) is 13.1. The second-order valence-electron chi connectivity index (χ2n) is 7.27. The SMILES string of the molecule is CNC(=O)c1cc(Oc2ccc(NC(=O)Nc3ncc(-c4ccc(C(F)(F)F)cc4)o3)cc2)ccn1. The van der Waals surface area contributed by atoms with E-state index in [1.807, 2.05) is 0 Å². The highest BCUT2D eigenvalue weighted by Crippen LogP contribution is 2.31. The number of carbonyl (C=O) groups is 2. The zero-order valence-electron chi connectivity index (χ0n) is 18.6. The summed E-state index contributed by atoms with van der Waals surface area (Å²) in [5.41, 5.74) is 0.235. The van der Waals surface area contributed by atoms with Gasteiger partial charge in [0.1, 0.15) is 17.2 Å². The number of urea groups is 1. The Kier molecular flexibility index (Phi) is 6.86. The van der Waals surface area contributed by atoms with E-state index in [0.29, 0.717) is 22.7 Å². The summed E-state index contributed by atoms with van der Waals surface area (Å²) in [4.78, 5) is 31.8. The Balaban J connectivity index is 1.33. The fourth-order valence-corrected chi connectivity index (χ4v) is 3.02. The van der Waals surface area contributed by atoms with Crippen molar-refractivity contribution in [1.29, 1.82) is 0 Å². The van der Waals surface area contributed by atoms with Crippen LogP contribution in [0.15, 0.2) is 77.5 Å². The van der Waals surface area contributed by atoms with Crippen molar-refractivity contribution in [2.45, 2.75) is 6.18 Å². The quantitative estimate of drug-likeness (QED) is 0.321. The van der Waals surface area contributed by atoms with Crippen molar-refractivity contribution in [2.24, 2.45) is 0 Å². The van der Waals surface area contributed by atoms with E-state index in [-0.39, 0.29) is 23.4 Å². The predicted molar refractivity (Wildman–Crippen MR) is 124 cm³/mol. The first-order chi connectivity index (χ1) is 17.2. The molecule has 0 aliphatic carbocycles. The number of halogens is 3. The van der Waals surface area contributed by atoms with Crippen molar-refractivity contribution >= 4 is 23.6 Å². The van der Waals surface area contributed by atoms with E-state index in [0.717, 1.165) is 12.1 Å². The van der Waals surface area contributed by atoms with Gasteiger partial charge in [-0.1, -0.05) is 12.1 Å². The zero-order valence-corrected chi connectivity index (χ0v) is 18.6. The Bertz CT molecular complexity index is 1370. The lowest BCUT2D eigenvalue weighted by molar-refractivity contribution is -0.137. The van der Waals surface area contributed by atoms with Gasteiger partial charge in [-0.15, -0.1) is 0 Å². The highest BCUT2D eigenvalue weighted by Gasteiger charge is 2.30. The molecule has 2 aromatic heterocycles. The van der Waals surface area contributed by atoms with Gasteiger partial charge >= 0.3 is 18.2 Å². The van der Waals surface area contributed by atoms with Crippen molar-refractivity contribution in [2.75, 3.05) is 17.7 Å². The number of carbonyl (C=O) groups excluding carboxylic acids is 2. The lowest BCUT2D eigenvalue weighted by atomic mass is 10.1. The molecule has 0 fully saturated rings. The number of rotatable bonds is 6. The van der Waals surface area contributed by atoms with Crippen LogP contribution in [0.1, 0.15) is 16.1 Å². The summed E-state index contributed by atoms with van der Waals surface area (Å²) in [6.45, 7) is 0. The van der Waals surface area contributed by atoms with Crippen LogP contribution < -0.4 is 20.7 Å². The van der Waals surface area contributed by atoms with E-state index in [1.165, 1.54) is 37.6 Å². The molecule has 12 heteroatoms. The summed E-state index contributed by atoms with van der Waals surface area (Å²) < 4.78 is 49.2. The smallest absolute Gasteiger partial charge is 0.416 e. The lowest BCUT2D eigenvalue weighted by Crippen LogP contribution is -2.19. The van der Waals surface area contributed by atoms with Crippen LogP contribution in [-0.4, -0.2) is 29.0 Å². The van der Waals surface area contributed by atoms with Crippen molar-refractivity contribution in [3.05, 3.63) is 84.3 Å². The Labute approximate surface area is 202 Å². The van der Waals surface area contributed by atoms with Gasteiger partial charge in [0, 0.05) is 30.6 Å². The van der Waals surface area contributed by atoms with Gasteiger partial charge in [0.2, 0.25) is 0 Å². The molecule has 0 aliphatic rings. The molecule has 0 spiro atoms. The Morgan fingerprint density at radius 1 is 0.917 bits per heavy atom. The van der Waals surface area contributed by atoms with Crippen molar-refractivity contribution in [1.82, 2.24) is 15.3 Å². The normalized spacial score (nSPS) is 11.0. The number of oxazole rings is 1. The van der Waals surface area contributed by atoms with Gasteiger partial charge in [-0.25, -0.2) is 9.78 Å². The van der Waals surface area contributed by atoms with Crippen LogP contribution in [0, 0.1) is 0 Å². The van der Waals surface area contributed by atoms with Gasteiger partial charge in [0.15, 0.2) is 5.76 Å². The number of ether oxygens (including phenoxy) is 1. The minimum absolute atomic E-state index is 0.132. The number of nitrogens with one attached hydrogen (secondary N) is 3. The average molecular weight is 497 g/mol. The first-order valence-corrected chi connectivity index (χ1v) is 10.4. The van der Waals surface area contributed by atoms with Gasteiger partial charge < -0.3 is 19.8 Å². The van der Waals surface area contributed by atoms with Crippen molar-refractivity contribution in [3.63, 3.8) is 0 Å². The molecule has 4 rings (SSSR count). The number of benzene rings is 2. The number of anilines is 2. The third kappa shape index (κ3) is 5.97. The Hall–Kier alpha value is -4.87. The van der Waals surface area contributed by atoms with E-state index >= 15 is 0 Å². The maximum absolute atomic E-state index is 12.7. The molecular weight excluding hydrogens is 479 g/mol. The molecule has 0 atom stereocenters. The Morgan fingerprint density at radius 3 is 2.31 bits per heavy atom. The fraction of sp³-hybridized carbons (Fsp3) is 0.0833. The van der Waals surface area contributed by atoms with E-state index in [2.05, 4.69) is 25.9 Å². The molecule has 0 saturated heterocycles. The molecule has 2 aromatic carbocycles. The van der Waals surface area contributed by atoms with Gasteiger partial charge in [0.05, 0.1) is 11.8 Å². The third-order valence-electron chi connectivity index (χ3n) is 4.76. The average Bonchev–Trinajstić information content (AvgIpc) is 3.32. The lowest BCUT2D eigenvalue weighted by Gasteiger charge is -2.09. The molecule has 4 aromatic rings. The largest absolute Gasteiger partial charge is 0.457 e. The monoisotopic (exact) mass is 497 g/mol. The third-order valence-corrected chi connectivity index (χ3v) is 4.76. The minimum atomic E-state index is -4.44. The molecule has 184 valence electrons. The number of nitrogens with zero attached hydrogens (tertiary/aromatic N) is 2. The number of alkyl halides is 3. The molecule has 0 aliphatic heterocycles. The predicted octanol–water partition coefficient (Wildman–Crippen LogP) is 5.55. The number of aromatic nitrogens is 2. The molecule has 0 unspecified atom stereocenters. The van der Waals surface area contributed by atoms with Crippen LogP contribution >= 0.6 is 0 Å². The Morgan fingerprint density at radius 2 is 1.64 bits per heavy atom. The van der Waals surface area contributed by atoms with E-state index in [9.17, 15) is 22.8 Å². The second kappa shape index (κ2) is 10.2. The molecule has 3 N–H and O–H groups in total. The minimum Gasteiger partial charge on any atom is -0.457 e. The van der Waals surface area contributed by atoms with E-state index in [1.54, 1.807) is 30.3 Å². The highest BCUT2D eigenvalue weighted by atomic mass is 19.4. The van der Waals surface area contributed by atoms with E-state index < -0.39 is 17.8 Å². The fourth-order valence-electron chi connectivity index (χ4n) is 3.02. The van der Waals surface area contributed by atoms with Crippen LogP contribution in [0.25, 0.3) is 11.3 Å². The first kappa shape index (κ1) is 24.3. The van der Waals surface area contributed by atoms with Gasteiger partial charge in [-0.2, -0.15) is 13.2 Å². The molecule has 0 bridgehead atoms. The molecule has 0 radical (unpaired) electrons. The summed E-state index contributed by atoms with van der Waals surface area (Å²) in [6.07, 6.45) is -1.70. The molecule has 3 amide bonds. The zero-order chi connectivity index (χ0) is 25.7. The summed E-state index contributed by atoms with van der Waals surface area (Å²) in [5, 5.41) is 7.48. The van der Waals surface area contributed by atoms with Crippen molar-refractivity contribution < 1.29 is 31.9 Å². The molecule has 0 saturated carbocycles. The van der Waals surface area contributed by atoms with Crippen LogP contribution in [0.5, 0.6) is 11.5 Å². The van der Waals surface area contributed by atoms with Crippen LogP contribution in [-0.2, 0) is 6.18 Å². The van der Waals surface area contributed by atoms with Gasteiger partial charge in [-0.3, -0.25) is 15.1 Å². The van der Waals surface area contributed by atoms with Crippen LogP contribution in [0.2, 0.25) is 0 Å². The second-order valence-corrected chi connectivity index (χ2v) is 7.27. The maximum atomic E-state index is 12.7. The first-order valence-electron chi connectivity index (χ1n) is 10.4. The van der Waals surface area contributed by atoms with Crippen molar-refractivity contribution in [3.8, 4) is 22.8 Å². The summed E-state index contributed by atoms with van der Waals surface area (Å²) >= 11 is 0. The standard InChI is InChI=1S/C24H18F3N5O4/c1-28-21(33)19-12-18(10-11-29-19)35-17-8-6-16(7-9-17)31-22(34)32-23-30-13-20(36-23)14-2-4-15(5-3-14)24(25,26)27/h2-13H,1H3,(H,28,33)(H2,30,31,32,34). The van der Waals surface area contributed by atoms with E-state index in [4.69, 9.17) is 9.15 Å².